The molecule has 0 bridgehead atoms. The molecule has 3 heterocycles. The zero-order valence-electron chi connectivity index (χ0n) is 42.4. The standard InChI is InChI=1S/C66H62N4/c1-41-26-42(2)30-50(29-41)67(47-20-14-11-15-21-47)53-35-56-57-36-54(68(48-22-16-12-17-23-48)51-31-43(3)27-44(4)32-51)38-59-63(57)70-62(56)58(37-53)65(7,8)60-39-55(40-61(64(60)70)66(59,9)10)69(49-24-18-13-19-25-49)52-33-45(5)28-46(6)34-52/h11-12,14-18,20-40H,13,19H2,1-10H3. The molecule has 9 aromatic rings. The molecule has 0 amide bonds. The fraction of sp³-hybridized carbons (Fsp3) is 0.212. The summed E-state index contributed by atoms with van der Waals surface area (Å²) in [6.45, 7) is 23.2. The average molecular weight is 911 g/mol. The number of rotatable bonds is 9. The smallest absolute Gasteiger partial charge is 0.0583 e. The summed E-state index contributed by atoms with van der Waals surface area (Å²) in [6, 6.07) is 57.9. The Morgan fingerprint density at radius 1 is 0.371 bits per heavy atom. The molecule has 1 aromatic heterocycles. The van der Waals surface area contributed by atoms with E-state index in [0.29, 0.717) is 0 Å². The Morgan fingerprint density at radius 2 is 0.729 bits per heavy atom. The molecule has 70 heavy (non-hydrogen) atoms. The Hall–Kier alpha value is -7.56. The first-order valence-corrected chi connectivity index (χ1v) is 25.1. The molecule has 0 fully saturated rings. The van der Waals surface area contributed by atoms with Crippen LogP contribution in [0.1, 0.15) is 96.2 Å². The lowest BCUT2D eigenvalue weighted by Crippen LogP contribution is -2.34. The first-order chi connectivity index (χ1) is 33.6. The zero-order chi connectivity index (χ0) is 48.4. The van der Waals surface area contributed by atoms with Gasteiger partial charge in [-0.1, -0.05) is 94.4 Å². The van der Waals surface area contributed by atoms with E-state index < -0.39 is 0 Å². The van der Waals surface area contributed by atoms with Crippen LogP contribution in [0, 0.1) is 41.5 Å². The molecule has 0 radical (unpaired) electrons. The number of hydrogen-bond acceptors (Lipinski definition) is 3. The molecule has 12 rings (SSSR count). The van der Waals surface area contributed by atoms with Gasteiger partial charge in [-0.3, -0.25) is 0 Å². The van der Waals surface area contributed by atoms with E-state index >= 15 is 0 Å². The highest BCUT2D eigenvalue weighted by molar-refractivity contribution is 6.16. The third-order valence-corrected chi connectivity index (χ3v) is 15.4. The van der Waals surface area contributed by atoms with Crippen LogP contribution >= 0.6 is 0 Å². The number of para-hydroxylation sites is 2. The van der Waals surface area contributed by atoms with Gasteiger partial charge in [0.1, 0.15) is 0 Å². The topological polar surface area (TPSA) is 14.7 Å². The first-order valence-electron chi connectivity index (χ1n) is 25.1. The SMILES string of the molecule is Cc1cc(C)cc(N(C2=CCCC=C2)c2cc3c4c(c2)C(C)(C)c2cc(N(c5ccccc5)c5cc(C)cc(C)c5)cc5c6cc(N(c7ccccc7)c7cc(C)cc(C)c7)cc(c6n-4c25)C3(C)C)c1. The summed E-state index contributed by atoms with van der Waals surface area (Å²) in [6.07, 6.45) is 9.18. The quantitative estimate of drug-likeness (QED) is 0.143. The molecule has 0 unspecified atom stereocenters. The molecule has 0 saturated heterocycles. The monoisotopic (exact) mass is 910 g/mol. The summed E-state index contributed by atoms with van der Waals surface area (Å²) < 4.78 is 2.68. The zero-order valence-corrected chi connectivity index (χ0v) is 42.4. The normalized spacial score (nSPS) is 14.9. The number of nitrogens with zero attached hydrogens (tertiary/aromatic N) is 4. The highest BCUT2D eigenvalue weighted by Crippen LogP contribution is 2.59. The minimum Gasteiger partial charge on any atom is -0.311 e. The Morgan fingerprint density at radius 3 is 1.11 bits per heavy atom. The Labute approximate surface area is 414 Å². The molecule has 0 N–H and O–H groups in total. The van der Waals surface area contributed by atoms with Crippen LogP contribution in [0.3, 0.4) is 0 Å². The molecule has 0 atom stereocenters. The van der Waals surface area contributed by atoms with E-state index in [0.717, 1.165) is 47.0 Å². The van der Waals surface area contributed by atoms with E-state index in [1.54, 1.807) is 0 Å². The van der Waals surface area contributed by atoms with Gasteiger partial charge in [-0.15, -0.1) is 0 Å². The van der Waals surface area contributed by atoms with E-state index in [9.17, 15) is 0 Å². The Balaban J connectivity index is 1.22. The lowest BCUT2D eigenvalue weighted by molar-refractivity contribution is 0.594. The molecule has 4 nitrogen and oxygen atoms in total. The molecule has 2 aliphatic heterocycles. The van der Waals surface area contributed by atoms with Crippen molar-refractivity contribution in [3.8, 4) is 5.69 Å². The van der Waals surface area contributed by atoms with Crippen molar-refractivity contribution in [1.82, 2.24) is 4.57 Å². The second kappa shape index (κ2) is 16.0. The van der Waals surface area contributed by atoms with Gasteiger partial charge < -0.3 is 19.3 Å². The maximum Gasteiger partial charge on any atom is 0.0583 e. The molecular weight excluding hydrogens is 849 g/mol. The maximum absolute atomic E-state index is 2.68. The summed E-state index contributed by atoms with van der Waals surface area (Å²) in [5.74, 6) is 0. The highest BCUT2D eigenvalue weighted by Gasteiger charge is 2.45. The molecule has 1 aliphatic carbocycles. The number of allylic oxidation sites excluding steroid dienone is 3. The van der Waals surface area contributed by atoms with Gasteiger partial charge in [0.05, 0.1) is 16.7 Å². The number of anilines is 8. The van der Waals surface area contributed by atoms with Gasteiger partial charge in [0, 0.05) is 72.8 Å². The predicted octanol–water partition coefficient (Wildman–Crippen LogP) is 18.2. The number of hydrogen-bond donors (Lipinski definition) is 0. The van der Waals surface area contributed by atoms with Gasteiger partial charge in [0.2, 0.25) is 0 Å². The summed E-state index contributed by atoms with van der Waals surface area (Å²) in [7, 11) is 0. The largest absolute Gasteiger partial charge is 0.311 e. The van der Waals surface area contributed by atoms with E-state index in [4.69, 9.17) is 0 Å². The van der Waals surface area contributed by atoms with Crippen LogP contribution in [0.5, 0.6) is 0 Å². The number of fused-ring (bicyclic) bond motifs is 1. The summed E-state index contributed by atoms with van der Waals surface area (Å²) in [4.78, 5) is 7.50. The van der Waals surface area contributed by atoms with E-state index in [-0.39, 0.29) is 10.8 Å². The van der Waals surface area contributed by atoms with Crippen LogP contribution in [0.25, 0.3) is 27.5 Å². The third kappa shape index (κ3) is 6.86. The Kier molecular flexibility index (Phi) is 9.99. The highest BCUT2D eigenvalue weighted by atomic mass is 15.2. The Bertz CT molecular complexity index is 3420. The van der Waals surface area contributed by atoms with Crippen LogP contribution in [-0.4, -0.2) is 4.57 Å². The van der Waals surface area contributed by atoms with Crippen molar-refractivity contribution in [3.05, 3.63) is 231 Å². The van der Waals surface area contributed by atoms with Crippen molar-refractivity contribution in [2.75, 3.05) is 14.7 Å². The number of benzene rings is 8. The lowest BCUT2D eigenvalue weighted by atomic mass is 9.68. The molecule has 346 valence electrons. The summed E-state index contributed by atoms with van der Waals surface area (Å²) in [5, 5.41) is 2.54. The maximum atomic E-state index is 2.68. The molecule has 4 heteroatoms. The molecule has 3 aliphatic rings. The van der Waals surface area contributed by atoms with Gasteiger partial charge in [-0.2, -0.15) is 0 Å². The molecule has 0 saturated carbocycles. The van der Waals surface area contributed by atoms with Crippen LogP contribution in [0.2, 0.25) is 0 Å². The average Bonchev–Trinajstić information content (AvgIpc) is 3.64. The fourth-order valence-electron chi connectivity index (χ4n) is 12.4. The second-order valence-corrected chi connectivity index (χ2v) is 21.6. The number of aryl methyl sites for hydroxylation is 6. The van der Waals surface area contributed by atoms with Gasteiger partial charge >= 0.3 is 0 Å². The fourth-order valence-corrected chi connectivity index (χ4v) is 12.4. The predicted molar refractivity (Wildman–Crippen MR) is 298 cm³/mol. The van der Waals surface area contributed by atoms with Gasteiger partial charge in [0.15, 0.2) is 0 Å². The van der Waals surface area contributed by atoms with Crippen LogP contribution < -0.4 is 14.7 Å². The number of aromatic nitrogens is 1. The van der Waals surface area contributed by atoms with Crippen molar-refractivity contribution < 1.29 is 0 Å². The van der Waals surface area contributed by atoms with Crippen molar-refractivity contribution in [2.24, 2.45) is 0 Å². The summed E-state index contributed by atoms with van der Waals surface area (Å²) >= 11 is 0. The molecular formula is C66H62N4. The third-order valence-electron chi connectivity index (χ3n) is 15.4. The van der Waals surface area contributed by atoms with Crippen molar-refractivity contribution in [1.29, 1.82) is 0 Å². The van der Waals surface area contributed by atoms with Crippen LogP contribution in [0.15, 0.2) is 176 Å². The van der Waals surface area contributed by atoms with Gasteiger partial charge in [-0.05, 0) is 213 Å². The van der Waals surface area contributed by atoms with Gasteiger partial charge in [-0.25, -0.2) is 0 Å². The first kappa shape index (κ1) is 43.7. The van der Waals surface area contributed by atoms with Crippen LogP contribution in [-0.2, 0) is 10.8 Å². The second-order valence-electron chi connectivity index (χ2n) is 21.6. The van der Waals surface area contributed by atoms with Gasteiger partial charge in [0.25, 0.3) is 0 Å². The van der Waals surface area contributed by atoms with Crippen LogP contribution in [0.4, 0.5) is 45.5 Å². The minimum absolute atomic E-state index is 0.389. The molecule has 0 spiro atoms. The molecule has 8 aromatic carbocycles. The van der Waals surface area contributed by atoms with Crippen molar-refractivity contribution >= 4 is 67.3 Å². The minimum atomic E-state index is -0.389. The van der Waals surface area contributed by atoms with E-state index in [1.165, 1.54) is 100 Å². The van der Waals surface area contributed by atoms with E-state index in [1.807, 2.05) is 0 Å². The lowest BCUT2D eigenvalue weighted by Gasteiger charge is -2.44. The van der Waals surface area contributed by atoms with E-state index in [2.05, 4.69) is 258 Å². The van der Waals surface area contributed by atoms with Crippen molar-refractivity contribution in [3.63, 3.8) is 0 Å². The summed E-state index contributed by atoms with van der Waals surface area (Å²) in [5.41, 5.74) is 26.5. The van der Waals surface area contributed by atoms with Crippen molar-refractivity contribution in [2.45, 2.75) is 92.9 Å².